The largest absolute Gasteiger partial charge is 0.415 e. The summed E-state index contributed by atoms with van der Waals surface area (Å²) in [5, 5.41) is 4.17. The Kier molecular flexibility index (Phi) is 18.7. The highest BCUT2D eigenvalue weighted by atomic mass is 28.4. The summed E-state index contributed by atoms with van der Waals surface area (Å²) in [4.78, 5) is 5.15. The van der Waals surface area contributed by atoms with Crippen molar-refractivity contribution in [1.82, 2.24) is 0 Å². The maximum absolute atomic E-state index is 7.07. The first-order valence-corrected chi connectivity index (χ1v) is 42.5. The normalized spacial score (nSPS) is 25.3. The number of hydrogen-bond acceptors (Lipinski definition) is 11. The number of ether oxygens (including phenoxy) is 2. The van der Waals surface area contributed by atoms with Gasteiger partial charge in [-0.3, -0.25) is 0 Å². The lowest BCUT2D eigenvalue weighted by atomic mass is 9.99. The molecule has 0 aliphatic carbocycles. The van der Waals surface area contributed by atoms with E-state index in [4.69, 9.17) is 45.3 Å². The van der Waals surface area contributed by atoms with Gasteiger partial charge < -0.3 is 45.3 Å². The van der Waals surface area contributed by atoms with Crippen LogP contribution in [0.1, 0.15) is 0 Å². The summed E-state index contributed by atoms with van der Waals surface area (Å²) >= 11 is 0. The third-order valence-electron chi connectivity index (χ3n) is 6.65. The molecule has 1 heterocycles. The van der Waals surface area contributed by atoms with Gasteiger partial charge in [0.2, 0.25) is 0 Å². The van der Waals surface area contributed by atoms with E-state index < -0.39 is 101 Å². The van der Waals surface area contributed by atoms with Crippen LogP contribution in [0.3, 0.4) is 0 Å². The van der Waals surface area contributed by atoms with E-state index in [0.717, 1.165) is 0 Å². The summed E-state index contributed by atoms with van der Waals surface area (Å²) in [5.41, 5.74) is 0. The van der Waals surface area contributed by atoms with E-state index in [9.17, 15) is 0 Å². The minimum Gasteiger partial charge on any atom is -0.415 e. The average Bonchev–Trinajstić information content (AvgIpc) is 2.85. The smallest absolute Gasteiger partial charge is 0.185 e. The molecule has 1 fully saturated rings. The van der Waals surface area contributed by atoms with Gasteiger partial charge in [0.05, 0.1) is 25.5 Å². The SMILES string of the molecule is CON=CC(O[Si](C)(C)C)C(O[Si](C)(C)C)C(COC1OC(CO[Si](C)(C)C)C(O[Si](C)(C)C)C(O[Si](C)(C)C)C1O[Si](C)(C)C)O[Si](C)(C)C. The van der Waals surface area contributed by atoms with Crippen molar-refractivity contribution in [3.63, 3.8) is 0 Å². The second kappa shape index (κ2) is 19.2. The Morgan fingerprint density at radius 1 is 0.549 bits per heavy atom. The molecule has 51 heavy (non-hydrogen) atoms. The molecule has 18 heteroatoms. The number of hydrogen-bond donors (Lipinski definition) is 0. The highest BCUT2D eigenvalue weighted by Gasteiger charge is 2.53. The second-order valence-corrected chi connectivity index (χ2v) is 51.8. The zero-order valence-electron chi connectivity index (χ0n) is 36.6. The van der Waals surface area contributed by atoms with Crippen molar-refractivity contribution in [2.24, 2.45) is 5.16 Å². The highest BCUT2D eigenvalue weighted by Crippen LogP contribution is 2.35. The van der Waals surface area contributed by atoms with Gasteiger partial charge in [-0.15, -0.1) is 0 Å². The lowest BCUT2D eigenvalue weighted by Crippen LogP contribution is -2.66. The van der Waals surface area contributed by atoms with Gasteiger partial charge in [-0.1, -0.05) is 5.16 Å². The van der Waals surface area contributed by atoms with Crippen LogP contribution in [-0.4, -0.2) is 134 Å². The third kappa shape index (κ3) is 22.1. The van der Waals surface area contributed by atoms with Crippen molar-refractivity contribution in [3.8, 4) is 0 Å². The summed E-state index contributed by atoms with van der Waals surface area (Å²) in [6.45, 7) is 46.5. The maximum Gasteiger partial charge on any atom is 0.185 e. The molecule has 0 aromatic heterocycles. The van der Waals surface area contributed by atoms with Crippen molar-refractivity contribution in [2.45, 2.75) is 187 Å². The predicted molar refractivity (Wildman–Crippen MR) is 229 cm³/mol. The molecular weight excluding hydrogens is 767 g/mol. The Morgan fingerprint density at radius 3 is 1.41 bits per heavy atom. The van der Waals surface area contributed by atoms with E-state index in [1.807, 2.05) is 0 Å². The van der Waals surface area contributed by atoms with E-state index in [-0.39, 0.29) is 12.7 Å². The molecule has 8 unspecified atom stereocenters. The van der Waals surface area contributed by atoms with Crippen LogP contribution in [0.2, 0.25) is 137 Å². The van der Waals surface area contributed by atoms with Crippen LogP contribution in [0.4, 0.5) is 0 Å². The molecule has 0 spiro atoms. The van der Waals surface area contributed by atoms with Crippen LogP contribution < -0.4 is 0 Å². The van der Waals surface area contributed by atoms with E-state index in [2.05, 4.69) is 143 Å². The van der Waals surface area contributed by atoms with Gasteiger partial charge in [0.15, 0.2) is 64.5 Å². The van der Waals surface area contributed by atoms with Crippen LogP contribution in [0.25, 0.3) is 0 Å². The minimum atomic E-state index is -2.15. The summed E-state index contributed by atoms with van der Waals surface area (Å²) in [6.07, 6.45) is -2.30. The molecule has 0 saturated carbocycles. The number of oxime groups is 1. The van der Waals surface area contributed by atoms with Gasteiger partial charge in [-0.25, -0.2) is 0 Å². The first-order valence-electron chi connectivity index (χ1n) is 18.6. The first-order chi connectivity index (χ1) is 22.6. The van der Waals surface area contributed by atoms with Gasteiger partial charge in [0.1, 0.15) is 43.7 Å². The summed E-state index contributed by atoms with van der Waals surface area (Å²) < 4.78 is 62.1. The van der Waals surface area contributed by atoms with Gasteiger partial charge in [-0.05, 0) is 137 Å². The quantitative estimate of drug-likeness (QED) is 0.0599. The monoisotopic (exact) mass is 845 g/mol. The molecule has 1 aliphatic heterocycles. The molecule has 0 bridgehead atoms. The fourth-order valence-electron chi connectivity index (χ4n) is 5.42. The fourth-order valence-corrected chi connectivity index (χ4v) is 12.6. The highest BCUT2D eigenvalue weighted by molar-refractivity contribution is 6.72. The van der Waals surface area contributed by atoms with Crippen molar-refractivity contribution in [3.05, 3.63) is 0 Å². The Balaban J connectivity index is 3.88. The molecule has 0 aromatic carbocycles. The number of rotatable bonds is 22. The van der Waals surface area contributed by atoms with Crippen molar-refractivity contribution in [2.75, 3.05) is 20.3 Å². The first kappa shape index (κ1) is 49.6. The van der Waals surface area contributed by atoms with Crippen LogP contribution in [0.5, 0.6) is 0 Å². The molecule has 0 radical (unpaired) electrons. The summed E-state index contributed by atoms with van der Waals surface area (Å²) in [5.74, 6) is 0. The molecule has 1 rings (SSSR count). The fraction of sp³-hybridized carbons (Fsp3) is 0.970. The van der Waals surface area contributed by atoms with Gasteiger partial charge in [0.25, 0.3) is 0 Å². The molecule has 11 nitrogen and oxygen atoms in total. The van der Waals surface area contributed by atoms with Crippen LogP contribution >= 0.6 is 0 Å². The lowest BCUT2D eigenvalue weighted by molar-refractivity contribution is -0.295. The van der Waals surface area contributed by atoms with Crippen molar-refractivity contribution >= 4 is 64.4 Å². The van der Waals surface area contributed by atoms with E-state index in [1.165, 1.54) is 7.11 Å². The minimum absolute atomic E-state index is 0.183. The van der Waals surface area contributed by atoms with Crippen LogP contribution in [0, 0.1) is 0 Å². The molecule has 0 N–H and O–H groups in total. The van der Waals surface area contributed by atoms with Crippen LogP contribution in [-0.2, 0) is 45.3 Å². The topological polar surface area (TPSA) is 105 Å². The van der Waals surface area contributed by atoms with Gasteiger partial charge in [-0.2, -0.15) is 0 Å². The van der Waals surface area contributed by atoms with E-state index in [0.29, 0.717) is 6.61 Å². The van der Waals surface area contributed by atoms with Crippen molar-refractivity contribution in [1.29, 1.82) is 0 Å². The predicted octanol–water partition coefficient (Wildman–Crippen LogP) is 8.53. The van der Waals surface area contributed by atoms with Crippen molar-refractivity contribution < 1.29 is 45.3 Å². The number of nitrogens with zero attached hydrogens (tertiary/aromatic N) is 1. The second-order valence-electron chi connectivity index (χ2n) is 20.5. The van der Waals surface area contributed by atoms with Gasteiger partial charge in [0, 0.05) is 0 Å². The zero-order chi connectivity index (χ0) is 40.0. The summed E-state index contributed by atoms with van der Waals surface area (Å²) in [7, 11) is -13.1. The Bertz CT molecular complexity index is 1060. The molecule has 304 valence electrons. The molecule has 0 aromatic rings. The standard InChI is InChI=1S/C33H79NO10Si7/c1-35-34-23-26(39-46(5,6)7)29(41-48(11,12)13)28(40-47(8,9)10)24-36-33-32(44-51(20,21)22)31(43-50(17,18)19)30(42-49(14,15)16)27(38-33)25-37-45(2,3)4/h23,26-33H,24-25H2,1-22H3. The molecule has 8 atom stereocenters. The molecule has 1 saturated heterocycles. The van der Waals surface area contributed by atoms with E-state index in [1.54, 1.807) is 6.21 Å². The average molecular weight is 847 g/mol. The molecule has 1 aliphatic rings. The zero-order valence-corrected chi connectivity index (χ0v) is 43.6. The lowest BCUT2D eigenvalue weighted by Gasteiger charge is -2.51. The molecular formula is C33H79NO10Si7. The van der Waals surface area contributed by atoms with E-state index >= 15 is 0 Å². The third-order valence-corrected chi connectivity index (χ3v) is 13.6. The Morgan fingerprint density at radius 2 is 1.00 bits per heavy atom. The van der Waals surface area contributed by atoms with Gasteiger partial charge >= 0.3 is 0 Å². The van der Waals surface area contributed by atoms with Crippen LogP contribution in [0.15, 0.2) is 5.16 Å². The Labute approximate surface area is 320 Å². The maximum atomic E-state index is 7.07. The Hall–Kier alpha value is 0.628. The summed E-state index contributed by atoms with van der Waals surface area (Å²) in [6, 6.07) is 0. The molecule has 0 amide bonds.